The Balaban J connectivity index is 1.55. The fraction of sp³-hybridized carbons (Fsp3) is 0.286. The van der Waals surface area contributed by atoms with Crippen LogP contribution >= 0.6 is 11.9 Å². The first-order valence-corrected chi connectivity index (χ1v) is 13.4. The van der Waals surface area contributed by atoms with Gasteiger partial charge in [-0.15, -0.1) is 0 Å². The van der Waals surface area contributed by atoms with Gasteiger partial charge in [-0.1, -0.05) is 12.1 Å². The summed E-state index contributed by atoms with van der Waals surface area (Å²) in [6.45, 7) is 6.42. The first-order valence-electron chi connectivity index (χ1n) is 12.6. The standard InChI is InChI=1S/C28H30FN7O2S/c1-15-10-21(16(2)31-23-8-9-24(30-4)32-26(23)39-34-17(3)37)25-22(11-15)27(38)35(5)28(33-25)36-13-18-6-7-20(29)12-19(18)14-36/h6-12,16,31H,13-14H2,1-5H3,(H,30,32)(H,34,37). The van der Waals surface area contributed by atoms with E-state index >= 15 is 0 Å². The van der Waals surface area contributed by atoms with E-state index < -0.39 is 0 Å². The van der Waals surface area contributed by atoms with E-state index in [9.17, 15) is 14.0 Å². The summed E-state index contributed by atoms with van der Waals surface area (Å²) in [7, 11) is 3.50. The van der Waals surface area contributed by atoms with Gasteiger partial charge in [0.1, 0.15) is 16.7 Å². The molecule has 1 amide bonds. The van der Waals surface area contributed by atoms with Crippen LogP contribution in [0.4, 0.5) is 21.8 Å². The van der Waals surface area contributed by atoms with Crippen molar-refractivity contribution in [1.82, 2.24) is 19.3 Å². The number of amides is 1. The Morgan fingerprint density at radius 1 is 1.10 bits per heavy atom. The van der Waals surface area contributed by atoms with Crippen molar-refractivity contribution in [2.45, 2.75) is 44.9 Å². The molecule has 0 saturated heterocycles. The summed E-state index contributed by atoms with van der Waals surface area (Å²) >= 11 is 1.13. The minimum Gasteiger partial charge on any atom is -0.376 e. The Bertz CT molecular complexity index is 1660. The van der Waals surface area contributed by atoms with Crippen LogP contribution in [0.5, 0.6) is 0 Å². The van der Waals surface area contributed by atoms with Crippen molar-refractivity contribution in [2.75, 3.05) is 22.6 Å². The lowest BCUT2D eigenvalue weighted by Crippen LogP contribution is -2.28. The SMILES string of the molecule is CNc1ccc(NC(C)c2cc(C)cc3c(=O)n(C)c(N4Cc5ccc(F)cc5C4)nc23)c(SNC(C)=O)n1. The monoisotopic (exact) mass is 547 g/mol. The number of pyridine rings is 1. The lowest BCUT2D eigenvalue weighted by Gasteiger charge is -2.23. The molecule has 9 nitrogen and oxygen atoms in total. The Morgan fingerprint density at radius 2 is 1.87 bits per heavy atom. The topological polar surface area (TPSA) is 104 Å². The van der Waals surface area contributed by atoms with Crippen molar-refractivity contribution in [1.29, 1.82) is 0 Å². The van der Waals surface area contributed by atoms with Crippen molar-refractivity contribution < 1.29 is 9.18 Å². The van der Waals surface area contributed by atoms with Gasteiger partial charge in [0, 0.05) is 51.6 Å². The molecule has 2 aromatic heterocycles. The highest BCUT2D eigenvalue weighted by atomic mass is 32.2. The van der Waals surface area contributed by atoms with Crippen LogP contribution in [-0.2, 0) is 24.9 Å². The van der Waals surface area contributed by atoms with E-state index in [1.165, 1.54) is 13.0 Å². The maximum absolute atomic E-state index is 13.8. The molecule has 39 heavy (non-hydrogen) atoms. The van der Waals surface area contributed by atoms with Crippen LogP contribution in [0.25, 0.3) is 10.9 Å². The third-order valence-corrected chi connectivity index (χ3v) is 7.64. The van der Waals surface area contributed by atoms with Crippen LogP contribution in [0.15, 0.2) is 52.3 Å². The average molecular weight is 548 g/mol. The molecular weight excluding hydrogens is 517 g/mol. The zero-order valence-corrected chi connectivity index (χ0v) is 23.2. The molecule has 0 fully saturated rings. The molecule has 0 saturated carbocycles. The van der Waals surface area contributed by atoms with Gasteiger partial charge < -0.3 is 15.5 Å². The molecule has 0 aliphatic carbocycles. The number of halogens is 1. The lowest BCUT2D eigenvalue weighted by atomic mass is 10.0. The van der Waals surface area contributed by atoms with Crippen molar-refractivity contribution in [2.24, 2.45) is 7.05 Å². The van der Waals surface area contributed by atoms with Gasteiger partial charge in [0.15, 0.2) is 0 Å². The highest BCUT2D eigenvalue weighted by Crippen LogP contribution is 2.33. The fourth-order valence-electron chi connectivity index (χ4n) is 4.86. The first kappa shape index (κ1) is 26.5. The minimum absolute atomic E-state index is 0.142. The number of nitrogens with one attached hydrogen (secondary N) is 3. The van der Waals surface area contributed by atoms with E-state index in [0.717, 1.165) is 39.9 Å². The number of hydrogen-bond acceptors (Lipinski definition) is 8. The molecule has 3 N–H and O–H groups in total. The van der Waals surface area contributed by atoms with E-state index in [1.807, 2.05) is 43.0 Å². The number of benzene rings is 2. The fourth-order valence-corrected chi connectivity index (χ4v) is 5.48. The molecule has 0 spiro atoms. The zero-order valence-electron chi connectivity index (χ0n) is 22.4. The summed E-state index contributed by atoms with van der Waals surface area (Å²) in [4.78, 5) is 36.7. The predicted octanol–water partition coefficient (Wildman–Crippen LogP) is 4.65. The van der Waals surface area contributed by atoms with E-state index in [0.29, 0.717) is 40.8 Å². The second-order valence-electron chi connectivity index (χ2n) is 9.72. The van der Waals surface area contributed by atoms with Gasteiger partial charge in [0.2, 0.25) is 11.9 Å². The third kappa shape index (κ3) is 5.26. The molecule has 1 aliphatic rings. The summed E-state index contributed by atoms with van der Waals surface area (Å²) in [5, 5.41) is 7.65. The van der Waals surface area contributed by atoms with Crippen molar-refractivity contribution in [3.8, 4) is 0 Å². The smallest absolute Gasteiger partial charge is 0.262 e. The molecule has 1 atom stereocenters. The van der Waals surface area contributed by atoms with Gasteiger partial charge in [-0.3, -0.25) is 18.9 Å². The molecule has 2 aromatic carbocycles. The van der Waals surface area contributed by atoms with Gasteiger partial charge in [-0.05, 0) is 60.9 Å². The molecule has 1 unspecified atom stereocenters. The van der Waals surface area contributed by atoms with Crippen LogP contribution in [0, 0.1) is 12.7 Å². The minimum atomic E-state index is -0.276. The number of fused-ring (bicyclic) bond motifs is 2. The van der Waals surface area contributed by atoms with Gasteiger partial charge >= 0.3 is 0 Å². The second-order valence-corrected chi connectivity index (χ2v) is 10.5. The molecule has 0 bridgehead atoms. The molecule has 202 valence electrons. The maximum atomic E-state index is 13.8. The largest absolute Gasteiger partial charge is 0.376 e. The Hall–Kier alpha value is -4.12. The molecule has 11 heteroatoms. The van der Waals surface area contributed by atoms with Crippen molar-refractivity contribution in [3.63, 3.8) is 0 Å². The van der Waals surface area contributed by atoms with E-state index in [-0.39, 0.29) is 23.3 Å². The highest BCUT2D eigenvalue weighted by Gasteiger charge is 2.25. The number of aromatic nitrogens is 3. The van der Waals surface area contributed by atoms with Crippen molar-refractivity contribution in [3.05, 3.63) is 80.9 Å². The highest BCUT2D eigenvalue weighted by molar-refractivity contribution is 7.98. The van der Waals surface area contributed by atoms with Gasteiger partial charge in [-0.25, -0.2) is 14.4 Å². The molecule has 1 aliphatic heterocycles. The number of carbonyl (C=O) groups is 1. The predicted molar refractivity (Wildman–Crippen MR) is 154 cm³/mol. The van der Waals surface area contributed by atoms with Crippen LogP contribution in [0.2, 0.25) is 0 Å². The Labute approximate surface area is 230 Å². The number of aryl methyl sites for hydroxylation is 1. The summed E-state index contributed by atoms with van der Waals surface area (Å²) in [6.07, 6.45) is 0. The number of anilines is 3. The van der Waals surface area contributed by atoms with Gasteiger partial charge in [0.25, 0.3) is 5.56 Å². The third-order valence-electron chi connectivity index (χ3n) is 6.75. The number of nitrogens with zero attached hydrogens (tertiary/aromatic N) is 4. The van der Waals surface area contributed by atoms with E-state index in [1.54, 1.807) is 30.8 Å². The summed E-state index contributed by atoms with van der Waals surface area (Å²) in [6, 6.07) is 12.2. The lowest BCUT2D eigenvalue weighted by molar-refractivity contribution is -0.117. The number of carbonyl (C=O) groups excluding carboxylic acids is 1. The number of hydrogen-bond donors (Lipinski definition) is 3. The normalized spacial score (nSPS) is 13.3. The summed E-state index contributed by atoms with van der Waals surface area (Å²) < 4.78 is 18.1. The van der Waals surface area contributed by atoms with Crippen molar-refractivity contribution >= 4 is 46.2 Å². The molecule has 3 heterocycles. The summed E-state index contributed by atoms with van der Waals surface area (Å²) in [5.41, 5.74) is 4.92. The molecular formula is C28H30FN7O2S. The van der Waals surface area contributed by atoms with Crippen LogP contribution in [0.3, 0.4) is 0 Å². The van der Waals surface area contributed by atoms with E-state index in [2.05, 4.69) is 20.3 Å². The number of rotatable bonds is 7. The first-order chi connectivity index (χ1) is 18.6. The Kier molecular flexibility index (Phi) is 7.17. The van der Waals surface area contributed by atoms with Gasteiger partial charge in [0.05, 0.1) is 22.6 Å². The molecule has 4 aromatic rings. The zero-order chi connectivity index (χ0) is 27.8. The quantitative estimate of drug-likeness (QED) is 0.287. The van der Waals surface area contributed by atoms with Crippen LogP contribution in [0.1, 0.15) is 42.1 Å². The van der Waals surface area contributed by atoms with E-state index in [4.69, 9.17) is 4.98 Å². The van der Waals surface area contributed by atoms with Crippen LogP contribution in [-0.4, -0.2) is 27.5 Å². The molecule has 5 rings (SSSR count). The second kappa shape index (κ2) is 10.6. The maximum Gasteiger partial charge on any atom is 0.262 e. The summed E-state index contributed by atoms with van der Waals surface area (Å²) in [5.74, 6) is 0.744. The van der Waals surface area contributed by atoms with Crippen LogP contribution < -0.4 is 25.8 Å². The Morgan fingerprint density at radius 3 is 2.62 bits per heavy atom. The average Bonchev–Trinajstić information content (AvgIpc) is 3.32. The van der Waals surface area contributed by atoms with Gasteiger partial charge in [-0.2, -0.15) is 0 Å². The molecule has 0 radical (unpaired) electrons.